The summed E-state index contributed by atoms with van der Waals surface area (Å²) >= 11 is 0. The molecule has 0 atom stereocenters. The van der Waals surface area contributed by atoms with Gasteiger partial charge in [-0.05, 0) is 36.6 Å². The van der Waals surface area contributed by atoms with Crippen molar-refractivity contribution in [3.05, 3.63) is 82.9 Å². The molecule has 3 aromatic rings. The van der Waals surface area contributed by atoms with Crippen LogP contribution in [-0.2, 0) is 22.6 Å². The minimum Gasteiger partial charge on any atom is -0.496 e. The van der Waals surface area contributed by atoms with E-state index in [9.17, 15) is 14.4 Å². The third kappa shape index (κ3) is 7.00. The van der Waals surface area contributed by atoms with Gasteiger partial charge < -0.3 is 19.8 Å². The third-order valence-electron chi connectivity index (χ3n) is 5.27. The predicted octanol–water partition coefficient (Wildman–Crippen LogP) is 2.48. The van der Waals surface area contributed by atoms with Crippen molar-refractivity contribution in [2.24, 2.45) is 0 Å². The van der Waals surface area contributed by atoms with Crippen LogP contribution in [0.3, 0.4) is 0 Å². The molecule has 0 bridgehead atoms. The van der Waals surface area contributed by atoms with Crippen LogP contribution in [0.2, 0.25) is 0 Å². The van der Waals surface area contributed by atoms with Crippen molar-refractivity contribution in [3.63, 3.8) is 0 Å². The lowest BCUT2D eigenvalue weighted by atomic mass is 10.1. The lowest BCUT2D eigenvalue weighted by molar-refractivity contribution is -0.134. The molecule has 0 fully saturated rings. The maximum Gasteiger partial charge on any atom is 0.328 e. The Morgan fingerprint density at radius 1 is 1.06 bits per heavy atom. The van der Waals surface area contributed by atoms with E-state index in [1.54, 1.807) is 30.1 Å². The van der Waals surface area contributed by atoms with E-state index in [4.69, 9.17) is 19.9 Å². The van der Waals surface area contributed by atoms with Crippen LogP contribution in [0.5, 0.6) is 5.75 Å². The Morgan fingerprint density at radius 2 is 1.74 bits per heavy atom. The van der Waals surface area contributed by atoms with Gasteiger partial charge in [0, 0.05) is 55.8 Å². The average molecular weight is 479 g/mol. The largest absolute Gasteiger partial charge is 0.496 e. The van der Waals surface area contributed by atoms with Crippen LogP contribution in [0.1, 0.15) is 12.0 Å². The number of aliphatic carboxylic acids is 2. The summed E-state index contributed by atoms with van der Waals surface area (Å²) in [6.07, 6.45) is 6.32. The molecule has 1 aliphatic rings. The summed E-state index contributed by atoms with van der Waals surface area (Å²) in [5.41, 5.74) is 2.75. The summed E-state index contributed by atoms with van der Waals surface area (Å²) in [7, 11) is 1.69. The number of carboxylic acids is 2. The average Bonchev–Trinajstić information content (AvgIpc) is 2.87. The van der Waals surface area contributed by atoms with E-state index in [0.29, 0.717) is 24.4 Å². The Morgan fingerprint density at radius 3 is 2.40 bits per heavy atom. The van der Waals surface area contributed by atoms with Gasteiger partial charge in [-0.1, -0.05) is 18.2 Å². The van der Waals surface area contributed by atoms with Gasteiger partial charge in [0.25, 0.3) is 5.56 Å². The molecule has 3 heterocycles. The highest BCUT2D eigenvalue weighted by atomic mass is 16.5. The summed E-state index contributed by atoms with van der Waals surface area (Å²) in [4.78, 5) is 42.8. The van der Waals surface area contributed by atoms with Gasteiger partial charge in [-0.25, -0.2) is 14.6 Å². The summed E-state index contributed by atoms with van der Waals surface area (Å²) in [6, 6.07) is 13.4. The molecule has 1 aliphatic heterocycles. The van der Waals surface area contributed by atoms with Gasteiger partial charge in [0.2, 0.25) is 5.95 Å². The van der Waals surface area contributed by atoms with Gasteiger partial charge in [-0.3, -0.25) is 14.3 Å². The first kappa shape index (κ1) is 25.2. The second-order valence-electron chi connectivity index (χ2n) is 7.58. The number of ether oxygens (including phenoxy) is 1. The minimum atomic E-state index is -1.26. The van der Waals surface area contributed by atoms with Gasteiger partial charge in [0.15, 0.2) is 0 Å². The van der Waals surface area contributed by atoms with Gasteiger partial charge in [-0.15, -0.1) is 0 Å². The number of benzene rings is 1. The van der Waals surface area contributed by atoms with E-state index < -0.39 is 11.9 Å². The monoisotopic (exact) mass is 478 g/mol. The number of aromatic nitrogens is 3. The standard InChI is InChI=1S/C21H22N4O2.C4H4O4/c1-27-19-6-3-2-5-17(19)9-14-24-12-4-13-25-20(26)15-18(23-21(24)25)16-7-10-22-11-8-16;5-3(6)1-2-4(7)8/h2-3,5-8,10-11,15H,4,9,12-14H2,1H3;1-2H,(H,5,6)(H,7,8)/b;2-1-. The molecule has 35 heavy (non-hydrogen) atoms. The predicted molar refractivity (Wildman–Crippen MR) is 130 cm³/mol. The molecule has 0 radical (unpaired) electrons. The number of fused-ring (bicyclic) bond motifs is 1. The molecule has 1 aromatic carbocycles. The first-order valence-electron chi connectivity index (χ1n) is 10.9. The Labute approximate surface area is 201 Å². The first-order chi connectivity index (χ1) is 16.9. The summed E-state index contributed by atoms with van der Waals surface area (Å²) < 4.78 is 7.23. The normalized spacial score (nSPS) is 12.4. The number of nitrogens with zero attached hydrogens (tertiary/aromatic N) is 4. The van der Waals surface area contributed by atoms with Crippen LogP contribution in [0.15, 0.2) is 71.8 Å². The fourth-order valence-electron chi connectivity index (χ4n) is 3.65. The van der Waals surface area contributed by atoms with Crippen molar-refractivity contribution >= 4 is 17.9 Å². The zero-order valence-electron chi connectivity index (χ0n) is 19.2. The van der Waals surface area contributed by atoms with Crippen LogP contribution in [0.4, 0.5) is 5.95 Å². The van der Waals surface area contributed by atoms with Gasteiger partial charge in [-0.2, -0.15) is 0 Å². The Balaban J connectivity index is 0.000000371. The van der Waals surface area contributed by atoms with Crippen LogP contribution in [0, 0.1) is 0 Å². The molecule has 0 aliphatic carbocycles. The number of carbonyl (C=O) groups is 2. The van der Waals surface area contributed by atoms with Crippen molar-refractivity contribution in [2.45, 2.75) is 19.4 Å². The van der Waals surface area contributed by atoms with Crippen molar-refractivity contribution in [2.75, 3.05) is 25.1 Å². The number of para-hydroxylation sites is 1. The molecule has 0 spiro atoms. The topological polar surface area (TPSA) is 135 Å². The lowest BCUT2D eigenvalue weighted by Gasteiger charge is -2.31. The highest BCUT2D eigenvalue weighted by Gasteiger charge is 2.21. The van der Waals surface area contributed by atoms with Crippen molar-refractivity contribution in [3.8, 4) is 17.0 Å². The van der Waals surface area contributed by atoms with E-state index in [1.807, 2.05) is 30.3 Å². The van der Waals surface area contributed by atoms with E-state index in [0.717, 1.165) is 48.8 Å². The highest BCUT2D eigenvalue weighted by Crippen LogP contribution is 2.23. The zero-order chi connectivity index (χ0) is 25.2. The molecule has 0 unspecified atom stereocenters. The molecule has 10 nitrogen and oxygen atoms in total. The molecule has 2 N–H and O–H groups in total. The Bertz CT molecular complexity index is 1240. The third-order valence-corrected chi connectivity index (χ3v) is 5.27. The molecule has 0 saturated heterocycles. The molecule has 0 saturated carbocycles. The van der Waals surface area contributed by atoms with E-state index in [2.05, 4.69) is 16.0 Å². The molecule has 2 aromatic heterocycles. The van der Waals surface area contributed by atoms with Crippen LogP contribution in [0.25, 0.3) is 11.3 Å². The van der Waals surface area contributed by atoms with Gasteiger partial charge in [0.05, 0.1) is 12.8 Å². The quantitative estimate of drug-likeness (QED) is 0.491. The highest BCUT2D eigenvalue weighted by molar-refractivity contribution is 5.89. The Kier molecular flexibility index (Phi) is 8.71. The van der Waals surface area contributed by atoms with Gasteiger partial charge in [0.1, 0.15) is 5.75 Å². The zero-order valence-corrected chi connectivity index (χ0v) is 19.2. The maximum absolute atomic E-state index is 12.6. The number of carboxylic acid groups (broad SMARTS) is 2. The second-order valence-corrected chi connectivity index (χ2v) is 7.58. The number of rotatable bonds is 7. The number of hydrogen-bond acceptors (Lipinski definition) is 7. The van der Waals surface area contributed by atoms with E-state index in [-0.39, 0.29) is 5.56 Å². The minimum absolute atomic E-state index is 0.00574. The molecule has 4 rings (SSSR count). The van der Waals surface area contributed by atoms with Crippen molar-refractivity contribution in [1.82, 2.24) is 14.5 Å². The van der Waals surface area contributed by atoms with Gasteiger partial charge >= 0.3 is 11.9 Å². The number of methoxy groups -OCH3 is 1. The summed E-state index contributed by atoms with van der Waals surface area (Å²) in [5.74, 6) is -0.874. The molecular formula is C25H26N4O6. The fraction of sp³-hybridized carbons (Fsp3) is 0.240. The fourth-order valence-corrected chi connectivity index (χ4v) is 3.65. The molecule has 182 valence electrons. The Hall–Kier alpha value is -4.47. The molecule has 0 amide bonds. The van der Waals surface area contributed by atoms with E-state index in [1.165, 1.54) is 0 Å². The molecule has 10 heteroatoms. The number of pyridine rings is 1. The SMILES string of the molecule is COc1ccccc1CCN1CCCn2c1nc(-c1ccncc1)cc2=O.O=C(O)/C=C\C(=O)O. The number of hydrogen-bond donors (Lipinski definition) is 2. The summed E-state index contributed by atoms with van der Waals surface area (Å²) in [5, 5.41) is 15.6. The van der Waals surface area contributed by atoms with Crippen LogP contribution < -0.4 is 15.2 Å². The van der Waals surface area contributed by atoms with E-state index >= 15 is 0 Å². The second kappa shape index (κ2) is 12.1. The smallest absolute Gasteiger partial charge is 0.328 e. The number of anilines is 1. The van der Waals surface area contributed by atoms with Crippen molar-refractivity contribution in [1.29, 1.82) is 0 Å². The van der Waals surface area contributed by atoms with Crippen LogP contribution >= 0.6 is 0 Å². The lowest BCUT2D eigenvalue weighted by Crippen LogP contribution is -2.39. The first-order valence-corrected chi connectivity index (χ1v) is 10.9. The summed E-state index contributed by atoms with van der Waals surface area (Å²) in [6.45, 7) is 2.39. The van der Waals surface area contributed by atoms with Crippen molar-refractivity contribution < 1.29 is 24.5 Å². The molecular weight excluding hydrogens is 452 g/mol. The van der Waals surface area contributed by atoms with Crippen LogP contribution in [-0.4, -0.2) is 56.9 Å². The maximum atomic E-state index is 12.6.